The molecule has 0 spiro atoms. The Bertz CT molecular complexity index is 1390. The molecule has 34 heavy (non-hydrogen) atoms. The molecule has 2 N–H and O–H groups in total. The lowest BCUT2D eigenvalue weighted by Gasteiger charge is -2.29. The van der Waals surface area contributed by atoms with Crippen LogP contribution in [0.5, 0.6) is 5.75 Å². The minimum absolute atomic E-state index is 0.243. The summed E-state index contributed by atoms with van der Waals surface area (Å²) < 4.78 is 7.19. The van der Waals surface area contributed by atoms with E-state index < -0.39 is 6.04 Å². The van der Waals surface area contributed by atoms with E-state index in [9.17, 15) is 4.79 Å². The molecule has 0 saturated heterocycles. The number of aromatic nitrogens is 4. The number of carbonyl (C=O) groups excluding carboxylic acids is 1. The SMILES string of the molecule is COc1ccccc1NC(=O)C1=C(C)Nc2nc(-c3ccncc3)nn2[C@H]1c1cccc(C)c1. The summed E-state index contributed by atoms with van der Waals surface area (Å²) >= 11 is 0. The predicted octanol–water partition coefficient (Wildman–Crippen LogP) is 4.58. The third-order valence-electron chi connectivity index (χ3n) is 5.75. The van der Waals surface area contributed by atoms with Gasteiger partial charge in [0.25, 0.3) is 5.91 Å². The summed E-state index contributed by atoms with van der Waals surface area (Å²) in [4.78, 5) is 22.4. The first-order valence-corrected chi connectivity index (χ1v) is 10.9. The van der Waals surface area contributed by atoms with E-state index >= 15 is 0 Å². The van der Waals surface area contributed by atoms with Gasteiger partial charge in [0, 0.05) is 23.7 Å². The molecule has 5 rings (SSSR count). The van der Waals surface area contributed by atoms with Crippen molar-refractivity contribution >= 4 is 17.5 Å². The third kappa shape index (κ3) is 3.90. The summed E-state index contributed by atoms with van der Waals surface area (Å²) in [7, 11) is 1.58. The zero-order valence-corrected chi connectivity index (χ0v) is 19.1. The molecule has 2 aromatic carbocycles. The van der Waals surface area contributed by atoms with Crippen LogP contribution < -0.4 is 15.4 Å². The fraction of sp³-hybridized carbons (Fsp3) is 0.154. The topological polar surface area (TPSA) is 94.0 Å². The number of para-hydroxylation sites is 2. The average Bonchev–Trinajstić information content (AvgIpc) is 3.27. The smallest absolute Gasteiger partial charge is 0.255 e. The zero-order chi connectivity index (χ0) is 23.7. The number of amides is 1. The second kappa shape index (κ2) is 8.82. The van der Waals surface area contributed by atoms with Crippen molar-refractivity contribution < 1.29 is 9.53 Å². The number of allylic oxidation sites excluding steroid dienone is 1. The van der Waals surface area contributed by atoms with Crippen LogP contribution in [0, 0.1) is 6.92 Å². The molecule has 0 saturated carbocycles. The van der Waals surface area contributed by atoms with Crippen molar-refractivity contribution in [2.24, 2.45) is 0 Å². The number of fused-ring (bicyclic) bond motifs is 1. The first kappa shape index (κ1) is 21.4. The Morgan fingerprint density at radius 3 is 2.62 bits per heavy atom. The molecule has 8 heteroatoms. The number of methoxy groups -OCH3 is 1. The highest BCUT2D eigenvalue weighted by molar-refractivity contribution is 6.06. The van der Waals surface area contributed by atoms with Gasteiger partial charge in [0.15, 0.2) is 5.82 Å². The standard InChI is InChI=1S/C26H24N6O2/c1-16-7-6-8-19(15-16)23-22(25(33)29-20-9-4-5-10-21(20)34-3)17(2)28-26-30-24(31-32(23)26)18-11-13-27-14-12-18/h4-15,23H,1-3H3,(H,29,33)(H,28,30,31)/t23-/m0/s1. The van der Waals surface area contributed by atoms with Crippen LogP contribution in [0.3, 0.4) is 0 Å². The van der Waals surface area contributed by atoms with Crippen LogP contribution in [0.1, 0.15) is 24.1 Å². The quantitative estimate of drug-likeness (QED) is 0.460. The molecular formula is C26H24N6O2. The molecule has 4 aromatic rings. The van der Waals surface area contributed by atoms with Crippen LogP contribution in [0.25, 0.3) is 11.4 Å². The van der Waals surface area contributed by atoms with Gasteiger partial charge in [-0.15, -0.1) is 5.10 Å². The molecule has 1 aliphatic heterocycles. The van der Waals surface area contributed by atoms with Gasteiger partial charge in [-0.3, -0.25) is 9.78 Å². The van der Waals surface area contributed by atoms with Gasteiger partial charge in [0.05, 0.1) is 18.4 Å². The van der Waals surface area contributed by atoms with Gasteiger partial charge in [-0.05, 0) is 43.7 Å². The molecule has 1 aliphatic rings. The fourth-order valence-corrected chi connectivity index (χ4v) is 4.15. The van der Waals surface area contributed by atoms with Gasteiger partial charge >= 0.3 is 0 Å². The van der Waals surface area contributed by atoms with Crippen molar-refractivity contribution in [3.05, 3.63) is 95.5 Å². The number of nitrogens with zero attached hydrogens (tertiary/aromatic N) is 4. The summed E-state index contributed by atoms with van der Waals surface area (Å²) in [6.07, 6.45) is 3.41. The molecule has 0 fully saturated rings. The maximum Gasteiger partial charge on any atom is 0.255 e. The van der Waals surface area contributed by atoms with Gasteiger partial charge in [0.2, 0.25) is 5.95 Å². The van der Waals surface area contributed by atoms with Crippen LogP contribution >= 0.6 is 0 Å². The molecule has 0 bridgehead atoms. The molecule has 1 amide bonds. The number of anilines is 2. The normalized spacial score (nSPS) is 14.9. The molecule has 1 atom stereocenters. The Morgan fingerprint density at radius 1 is 1.06 bits per heavy atom. The van der Waals surface area contributed by atoms with Gasteiger partial charge in [-0.1, -0.05) is 42.0 Å². The number of hydrogen-bond donors (Lipinski definition) is 2. The van der Waals surface area contributed by atoms with E-state index in [1.165, 1.54) is 0 Å². The number of nitrogens with one attached hydrogen (secondary N) is 2. The number of rotatable bonds is 5. The molecule has 0 unspecified atom stereocenters. The van der Waals surface area contributed by atoms with Crippen molar-refractivity contribution in [3.8, 4) is 17.1 Å². The van der Waals surface area contributed by atoms with Crippen LogP contribution in [0.2, 0.25) is 0 Å². The number of hydrogen-bond acceptors (Lipinski definition) is 6. The highest BCUT2D eigenvalue weighted by atomic mass is 16.5. The van der Waals surface area contributed by atoms with Gasteiger partial charge < -0.3 is 15.4 Å². The zero-order valence-electron chi connectivity index (χ0n) is 19.1. The largest absolute Gasteiger partial charge is 0.495 e. The maximum atomic E-state index is 13.7. The lowest BCUT2D eigenvalue weighted by atomic mass is 9.94. The van der Waals surface area contributed by atoms with Gasteiger partial charge in [-0.25, -0.2) is 4.68 Å². The van der Waals surface area contributed by atoms with Crippen molar-refractivity contribution in [3.63, 3.8) is 0 Å². The lowest BCUT2D eigenvalue weighted by Crippen LogP contribution is -2.31. The Balaban J connectivity index is 1.61. The van der Waals surface area contributed by atoms with Crippen LogP contribution in [0.15, 0.2) is 84.3 Å². The Morgan fingerprint density at radius 2 is 1.85 bits per heavy atom. The van der Waals surface area contributed by atoms with Gasteiger partial charge in [-0.2, -0.15) is 4.98 Å². The first-order chi connectivity index (χ1) is 16.5. The van der Waals surface area contributed by atoms with Crippen LogP contribution in [-0.4, -0.2) is 32.8 Å². The molecule has 2 aromatic heterocycles. The molecular weight excluding hydrogens is 428 g/mol. The number of ether oxygens (including phenoxy) is 1. The number of benzene rings is 2. The summed E-state index contributed by atoms with van der Waals surface area (Å²) in [6, 6.07) is 18.7. The molecule has 8 nitrogen and oxygen atoms in total. The van der Waals surface area contributed by atoms with Crippen LogP contribution in [-0.2, 0) is 4.79 Å². The maximum absolute atomic E-state index is 13.7. The Kier molecular flexibility index (Phi) is 5.55. The van der Waals surface area contributed by atoms with E-state index in [1.807, 2.05) is 68.4 Å². The highest BCUT2D eigenvalue weighted by Gasteiger charge is 2.34. The number of aryl methyl sites for hydroxylation is 1. The van der Waals surface area contributed by atoms with Crippen LogP contribution in [0.4, 0.5) is 11.6 Å². The molecule has 0 aliphatic carbocycles. The van der Waals surface area contributed by atoms with Crippen molar-refractivity contribution in [2.75, 3.05) is 17.7 Å². The van der Waals surface area contributed by atoms with E-state index in [0.717, 1.165) is 16.7 Å². The number of carbonyl (C=O) groups is 1. The lowest BCUT2D eigenvalue weighted by molar-refractivity contribution is -0.113. The highest BCUT2D eigenvalue weighted by Crippen LogP contribution is 2.37. The number of pyridine rings is 1. The second-order valence-corrected chi connectivity index (χ2v) is 8.07. The van der Waals surface area contributed by atoms with Gasteiger partial charge in [0.1, 0.15) is 11.8 Å². The van der Waals surface area contributed by atoms with Crippen molar-refractivity contribution in [2.45, 2.75) is 19.9 Å². The van der Waals surface area contributed by atoms with E-state index in [1.54, 1.807) is 24.2 Å². The Hall–Kier alpha value is -4.46. The average molecular weight is 453 g/mol. The third-order valence-corrected chi connectivity index (χ3v) is 5.75. The second-order valence-electron chi connectivity index (χ2n) is 8.07. The van der Waals surface area contributed by atoms with Crippen molar-refractivity contribution in [1.82, 2.24) is 19.7 Å². The molecule has 170 valence electrons. The summed E-state index contributed by atoms with van der Waals surface area (Å²) in [5, 5.41) is 11.1. The first-order valence-electron chi connectivity index (χ1n) is 10.9. The molecule has 3 heterocycles. The summed E-state index contributed by atoms with van der Waals surface area (Å²) in [5.41, 5.74) is 4.74. The minimum atomic E-state index is -0.464. The van der Waals surface area contributed by atoms with E-state index in [2.05, 4.69) is 21.7 Å². The van der Waals surface area contributed by atoms with Crippen molar-refractivity contribution in [1.29, 1.82) is 0 Å². The predicted molar refractivity (Wildman–Crippen MR) is 131 cm³/mol. The molecule has 0 radical (unpaired) electrons. The van der Waals surface area contributed by atoms with E-state index in [-0.39, 0.29) is 5.91 Å². The van der Waals surface area contributed by atoms with E-state index in [4.69, 9.17) is 14.8 Å². The fourth-order valence-electron chi connectivity index (χ4n) is 4.15. The monoisotopic (exact) mass is 452 g/mol. The minimum Gasteiger partial charge on any atom is -0.495 e. The summed E-state index contributed by atoms with van der Waals surface area (Å²) in [6.45, 7) is 3.91. The summed E-state index contributed by atoms with van der Waals surface area (Å²) in [5.74, 6) is 1.48. The van der Waals surface area contributed by atoms with E-state index in [0.29, 0.717) is 34.5 Å². The Labute approximate surface area is 197 Å².